The van der Waals surface area contributed by atoms with E-state index < -0.39 is 24.2 Å². The van der Waals surface area contributed by atoms with Crippen molar-refractivity contribution >= 4 is 18.5 Å². The largest absolute Gasteiger partial charge is 0.453 e. The Labute approximate surface area is 93.2 Å². The van der Waals surface area contributed by atoms with Crippen molar-refractivity contribution in [1.29, 1.82) is 0 Å². The highest BCUT2D eigenvalue weighted by atomic mass is 16.5. The quantitative estimate of drug-likeness (QED) is 0.468. The van der Waals surface area contributed by atoms with Crippen LogP contribution in [0.5, 0.6) is 0 Å². The van der Waals surface area contributed by atoms with Crippen molar-refractivity contribution in [3.05, 3.63) is 0 Å². The second-order valence-corrected chi connectivity index (χ2v) is 3.76. The molecule has 1 fully saturated rings. The third-order valence-electron chi connectivity index (χ3n) is 2.55. The van der Waals surface area contributed by atoms with Gasteiger partial charge in [0.1, 0.15) is 6.29 Å². The van der Waals surface area contributed by atoms with Crippen LogP contribution in [-0.2, 0) is 19.1 Å². The fourth-order valence-corrected chi connectivity index (χ4v) is 1.80. The second-order valence-electron chi connectivity index (χ2n) is 3.76. The van der Waals surface area contributed by atoms with E-state index in [2.05, 4.69) is 0 Å². The summed E-state index contributed by atoms with van der Waals surface area (Å²) in [4.78, 5) is 33.7. The van der Waals surface area contributed by atoms with E-state index in [-0.39, 0.29) is 6.54 Å². The van der Waals surface area contributed by atoms with E-state index in [1.807, 2.05) is 0 Å². The van der Waals surface area contributed by atoms with Gasteiger partial charge in [-0.1, -0.05) is 0 Å². The summed E-state index contributed by atoms with van der Waals surface area (Å²) in [6.07, 6.45) is 0.0587. The van der Waals surface area contributed by atoms with Gasteiger partial charge in [0.15, 0.2) is 12.4 Å². The molecule has 1 aliphatic rings. The molecule has 1 heterocycles. The highest BCUT2D eigenvalue weighted by Gasteiger charge is 2.34. The van der Waals surface area contributed by atoms with Crippen molar-refractivity contribution in [2.24, 2.45) is 0 Å². The molecule has 6 heteroatoms. The maximum atomic E-state index is 10.7. The van der Waals surface area contributed by atoms with Gasteiger partial charge in [0, 0.05) is 20.0 Å². The Hall–Kier alpha value is -1.27. The summed E-state index contributed by atoms with van der Waals surface area (Å²) in [5.41, 5.74) is 0. The van der Waals surface area contributed by atoms with Crippen LogP contribution in [0.15, 0.2) is 0 Å². The predicted molar refractivity (Wildman–Crippen MR) is 53.7 cm³/mol. The minimum atomic E-state index is -0.884. The fourth-order valence-electron chi connectivity index (χ4n) is 1.80. The Morgan fingerprint density at radius 3 is 2.81 bits per heavy atom. The van der Waals surface area contributed by atoms with Gasteiger partial charge < -0.3 is 14.6 Å². The molecule has 0 radical (unpaired) electrons. The molecule has 1 rings (SSSR count). The number of ether oxygens (including phenoxy) is 1. The maximum absolute atomic E-state index is 10.7. The molecule has 0 aromatic rings. The number of rotatable bonds is 5. The lowest BCUT2D eigenvalue weighted by molar-refractivity contribution is -0.150. The molecular formula is C10H15NO5. The third kappa shape index (κ3) is 3.11. The topological polar surface area (TPSA) is 83.9 Å². The molecule has 16 heavy (non-hydrogen) atoms. The molecule has 6 nitrogen and oxygen atoms in total. The van der Waals surface area contributed by atoms with E-state index in [0.717, 1.165) is 0 Å². The highest BCUT2D eigenvalue weighted by molar-refractivity contribution is 5.70. The molecule has 1 saturated heterocycles. The van der Waals surface area contributed by atoms with E-state index in [1.54, 1.807) is 4.90 Å². The van der Waals surface area contributed by atoms with E-state index in [4.69, 9.17) is 4.74 Å². The maximum Gasteiger partial charge on any atom is 0.303 e. The molecule has 0 aromatic carbocycles. The summed E-state index contributed by atoms with van der Waals surface area (Å²) in [6.45, 7) is 1.87. The van der Waals surface area contributed by atoms with E-state index in [1.165, 1.54) is 6.92 Å². The molecular weight excluding hydrogens is 214 g/mol. The molecule has 3 atom stereocenters. The van der Waals surface area contributed by atoms with Gasteiger partial charge in [-0.05, 0) is 6.42 Å². The van der Waals surface area contributed by atoms with Crippen molar-refractivity contribution in [3.63, 3.8) is 0 Å². The van der Waals surface area contributed by atoms with Crippen molar-refractivity contribution in [3.8, 4) is 0 Å². The lowest BCUT2D eigenvalue weighted by atomic mass is 10.2. The first-order valence-corrected chi connectivity index (χ1v) is 5.08. The van der Waals surface area contributed by atoms with Crippen LogP contribution in [0, 0.1) is 0 Å². The van der Waals surface area contributed by atoms with Crippen LogP contribution in [0.1, 0.15) is 13.3 Å². The first-order valence-electron chi connectivity index (χ1n) is 5.08. The fraction of sp³-hybridized carbons (Fsp3) is 0.700. The summed E-state index contributed by atoms with van der Waals surface area (Å²) in [5.74, 6) is -0.542. The Morgan fingerprint density at radius 1 is 1.62 bits per heavy atom. The van der Waals surface area contributed by atoms with Gasteiger partial charge >= 0.3 is 5.97 Å². The third-order valence-corrected chi connectivity index (χ3v) is 2.55. The van der Waals surface area contributed by atoms with E-state index >= 15 is 0 Å². The molecule has 0 saturated carbocycles. The number of carbonyl (C=O) groups excluding carboxylic acids is 3. The van der Waals surface area contributed by atoms with Crippen molar-refractivity contribution < 1.29 is 24.2 Å². The Morgan fingerprint density at radius 2 is 2.31 bits per heavy atom. The van der Waals surface area contributed by atoms with E-state index in [9.17, 15) is 19.5 Å². The summed E-state index contributed by atoms with van der Waals surface area (Å²) in [5, 5.41) is 9.46. The first kappa shape index (κ1) is 12.8. The van der Waals surface area contributed by atoms with Crippen molar-refractivity contribution in [2.75, 3.05) is 13.1 Å². The Bertz CT molecular complexity index is 280. The molecule has 0 unspecified atom stereocenters. The van der Waals surface area contributed by atoms with Crippen LogP contribution < -0.4 is 0 Å². The summed E-state index contributed by atoms with van der Waals surface area (Å²) in [7, 11) is 0. The molecule has 0 aliphatic carbocycles. The van der Waals surface area contributed by atoms with Gasteiger partial charge in [0.25, 0.3) is 0 Å². The predicted octanol–water partition coefficient (Wildman–Crippen LogP) is -1.25. The zero-order valence-electron chi connectivity index (χ0n) is 9.04. The average molecular weight is 229 g/mol. The number of hydrogen-bond acceptors (Lipinski definition) is 6. The van der Waals surface area contributed by atoms with Crippen molar-refractivity contribution in [2.45, 2.75) is 31.6 Å². The average Bonchev–Trinajstić information content (AvgIpc) is 2.57. The smallest absolute Gasteiger partial charge is 0.303 e. The van der Waals surface area contributed by atoms with Crippen LogP contribution in [0.3, 0.4) is 0 Å². The number of aliphatic hydroxyl groups is 1. The summed E-state index contributed by atoms with van der Waals surface area (Å²) < 4.78 is 4.74. The van der Waals surface area contributed by atoms with Crippen LogP contribution in [0.4, 0.5) is 0 Å². The first-order chi connectivity index (χ1) is 7.58. The van der Waals surface area contributed by atoms with Gasteiger partial charge in [0.05, 0.1) is 12.1 Å². The molecule has 0 bridgehead atoms. The zero-order valence-corrected chi connectivity index (χ0v) is 9.04. The highest BCUT2D eigenvalue weighted by Crippen LogP contribution is 2.16. The number of aliphatic hydroxyl groups excluding tert-OH is 1. The molecule has 0 amide bonds. The van der Waals surface area contributed by atoms with Crippen LogP contribution in [0.25, 0.3) is 0 Å². The molecule has 90 valence electrons. The number of hydrogen-bond donors (Lipinski definition) is 1. The summed E-state index contributed by atoms with van der Waals surface area (Å²) >= 11 is 0. The SMILES string of the molecule is CC(=O)O[C@H](C=O)CN1CC[C@H](O)[C@@H]1C=O. The van der Waals surface area contributed by atoms with Gasteiger partial charge in [-0.3, -0.25) is 14.5 Å². The molecule has 0 aromatic heterocycles. The van der Waals surface area contributed by atoms with E-state index in [0.29, 0.717) is 25.5 Å². The standard InChI is InChI=1S/C10H15NO5/c1-7(14)16-8(5-12)4-11-3-2-10(15)9(11)6-13/h5-6,8-10,15H,2-4H2,1H3/t8-,9-,10-/m0/s1. The number of esters is 1. The van der Waals surface area contributed by atoms with Gasteiger partial charge in [-0.2, -0.15) is 0 Å². The second kappa shape index (κ2) is 5.72. The monoisotopic (exact) mass is 229 g/mol. The van der Waals surface area contributed by atoms with Gasteiger partial charge in [-0.15, -0.1) is 0 Å². The zero-order chi connectivity index (χ0) is 12.1. The molecule has 0 spiro atoms. The van der Waals surface area contributed by atoms with Crippen molar-refractivity contribution in [1.82, 2.24) is 4.90 Å². The normalized spacial score (nSPS) is 27.4. The Balaban J connectivity index is 2.54. The molecule has 1 aliphatic heterocycles. The molecule has 1 N–H and O–H groups in total. The number of likely N-dealkylation sites (tertiary alicyclic amines) is 1. The lowest BCUT2D eigenvalue weighted by Gasteiger charge is -2.23. The number of nitrogens with zero attached hydrogens (tertiary/aromatic N) is 1. The van der Waals surface area contributed by atoms with Crippen LogP contribution >= 0.6 is 0 Å². The number of carbonyl (C=O) groups is 3. The lowest BCUT2D eigenvalue weighted by Crippen LogP contribution is -2.42. The summed E-state index contributed by atoms with van der Waals surface area (Å²) in [6, 6.07) is -0.613. The van der Waals surface area contributed by atoms with Gasteiger partial charge in [-0.25, -0.2) is 0 Å². The Kier molecular flexibility index (Phi) is 4.57. The minimum absolute atomic E-state index is 0.142. The number of aldehydes is 2. The minimum Gasteiger partial charge on any atom is -0.453 e. The van der Waals surface area contributed by atoms with Gasteiger partial charge in [0.2, 0.25) is 0 Å². The van der Waals surface area contributed by atoms with Crippen LogP contribution in [-0.4, -0.2) is 59.9 Å². The van der Waals surface area contributed by atoms with Crippen LogP contribution in [0.2, 0.25) is 0 Å².